The first-order valence-electron chi connectivity index (χ1n) is 6.99. The lowest BCUT2D eigenvalue weighted by molar-refractivity contribution is 0.0874. The van der Waals surface area contributed by atoms with Crippen LogP contribution in [-0.2, 0) is 6.42 Å². The van der Waals surface area contributed by atoms with Crippen molar-refractivity contribution in [3.8, 4) is 0 Å². The average Bonchev–Trinajstić information content (AvgIpc) is 3.20. The fourth-order valence-corrected chi connectivity index (χ4v) is 3.65. The van der Waals surface area contributed by atoms with Crippen LogP contribution >= 0.6 is 0 Å². The highest BCUT2D eigenvalue weighted by Gasteiger charge is 2.60. The first kappa shape index (κ1) is 11.0. The molecular weight excluding hydrogens is 232 g/mol. The predicted octanol–water partition coefficient (Wildman–Crippen LogP) is 3.99. The fourth-order valence-electron chi connectivity index (χ4n) is 3.65. The monoisotopic (exact) mass is 248 g/mol. The molecule has 19 heavy (non-hydrogen) atoms. The summed E-state index contributed by atoms with van der Waals surface area (Å²) in [6, 6.07) is 18.6. The third-order valence-corrected chi connectivity index (χ3v) is 4.83. The highest BCUT2D eigenvalue weighted by atomic mass is 16.1. The van der Waals surface area contributed by atoms with Gasteiger partial charge < -0.3 is 0 Å². The normalized spacial score (nSPS) is 28.2. The zero-order valence-electron chi connectivity index (χ0n) is 10.8. The molecule has 0 saturated heterocycles. The number of carbonyl (C=O) groups excluding carboxylic acids is 1. The molecule has 2 atom stereocenters. The Kier molecular flexibility index (Phi) is 2.20. The summed E-state index contributed by atoms with van der Waals surface area (Å²) in [7, 11) is 0. The molecule has 0 unspecified atom stereocenters. The van der Waals surface area contributed by atoms with E-state index in [1.807, 2.05) is 24.3 Å². The van der Waals surface area contributed by atoms with E-state index in [1.54, 1.807) is 0 Å². The maximum absolute atomic E-state index is 12.8. The maximum Gasteiger partial charge on any atom is 0.169 e. The zero-order valence-corrected chi connectivity index (χ0v) is 10.8. The van der Waals surface area contributed by atoms with Gasteiger partial charge in [0, 0.05) is 11.0 Å². The van der Waals surface area contributed by atoms with Crippen LogP contribution in [0.2, 0.25) is 0 Å². The van der Waals surface area contributed by atoms with Crippen molar-refractivity contribution in [3.63, 3.8) is 0 Å². The van der Waals surface area contributed by atoms with Crippen LogP contribution in [0.5, 0.6) is 0 Å². The minimum Gasteiger partial charge on any atom is -0.294 e. The van der Waals surface area contributed by atoms with E-state index in [-0.39, 0.29) is 5.41 Å². The second-order valence-electron chi connectivity index (χ2n) is 5.81. The standard InChI is InChI=1S/C18H16O/c19-17-15-9-5-4-6-13(15)10-11-18(17)12-16(18)14-7-2-1-3-8-14/h1-9,16H,10-12H2/t16-,18+/m1/s1. The van der Waals surface area contributed by atoms with E-state index in [0.717, 1.165) is 24.8 Å². The molecule has 1 heteroatoms. The lowest BCUT2D eigenvalue weighted by Crippen LogP contribution is -2.25. The molecule has 0 aliphatic heterocycles. The van der Waals surface area contributed by atoms with E-state index < -0.39 is 0 Å². The van der Waals surface area contributed by atoms with Crippen LogP contribution in [0.25, 0.3) is 0 Å². The molecule has 0 bridgehead atoms. The molecule has 0 radical (unpaired) electrons. The second kappa shape index (κ2) is 3.80. The number of carbonyl (C=O) groups is 1. The van der Waals surface area contributed by atoms with E-state index in [2.05, 4.69) is 30.3 Å². The van der Waals surface area contributed by atoms with Gasteiger partial charge in [-0.1, -0.05) is 54.6 Å². The van der Waals surface area contributed by atoms with Crippen LogP contribution in [0.3, 0.4) is 0 Å². The number of hydrogen-bond donors (Lipinski definition) is 0. The van der Waals surface area contributed by atoms with Crippen LogP contribution in [0.4, 0.5) is 0 Å². The van der Waals surface area contributed by atoms with Gasteiger partial charge in [0.2, 0.25) is 0 Å². The predicted molar refractivity (Wildman–Crippen MR) is 75.3 cm³/mol. The first-order chi connectivity index (χ1) is 9.31. The number of hydrogen-bond acceptors (Lipinski definition) is 1. The Labute approximate surface area is 113 Å². The van der Waals surface area contributed by atoms with Gasteiger partial charge in [0.25, 0.3) is 0 Å². The highest BCUT2D eigenvalue weighted by molar-refractivity contribution is 6.05. The van der Waals surface area contributed by atoms with Gasteiger partial charge in [0.1, 0.15) is 0 Å². The summed E-state index contributed by atoms with van der Waals surface area (Å²) in [4.78, 5) is 12.8. The Balaban J connectivity index is 1.71. The molecule has 1 saturated carbocycles. The summed E-state index contributed by atoms with van der Waals surface area (Å²) in [6.45, 7) is 0. The van der Waals surface area contributed by atoms with Crippen molar-refractivity contribution in [1.29, 1.82) is 0 Å². The maximum atomic E-state index is 12.8. The average molecular weight is 248 g/mol. The molecule has 0 amide bonds. The molecule has 2 aromatic rings. The van der Waals surface area contributed by atoms with Gasteiger partial charge in [-0.2, -0.15) is 0 Å². The van der Waals surface area contributed by atoms with Gasteiger partial charge in [-0.25, -0.2) is 0 Å². The van der Waals surface area contributed by atoms with E-state index in [4.69, 9.17) is 0 Å². The molecule has 4 rings (SSSR count). The first-order valence-corrected chi connectivity index (χ1v) is 6.99. The van der Waals surface area contributed by atoms with E-state index in [0.29, 0.717) is 11.7 Å². The van der Waals surface area contributed by atoms with Gasteiger partial charge in [-0.3, -0.25) is 4.79 Å². The van der Waals surface area contributed by atoms with Crippen molar-refractivity contribution < 1.29 is 4.79 Å². The second-order valence-corrected chi connectivity index (χ2v) is 5.81. The Hall–Kier alpha value is -1.89. The van der Waals surface area contributed by atoms with Gasteiger partial charge in [0.05, 0.1) is 0 Å². The summed E-state index contributed by atoms with van der Waals surface area (Å²) in [6.07, 6.45) is 3.10. The molecule has 2 aliphatic carbocycles. The molecule has 94 valence electrons. The van der Waals surface area contributed by atoms with Crippen molar-refractivity contribution in [3.05, 3.63) is 71.3 Å². The molecule has 0 heterocycles. The Bertz CT molecular complexity index is 644. The quantitative estimate of drug-likeness (QED) is 0.745. The minimum absolute atomic E-state index is 0.0876. The van der Waals surface area contributed by atoms with Crippen LogP contribution in [0, 0.1) is 5.41 Å². The largest absolute Gasteiger partial charge is 0.294 e. The molecule has 0 aromatic heterocycles. The van der Waals surface area contributed by atoms with Gasteiger partial charge in [0.15, 0.2) is 5.78 Å². The van der Waals surface area contributed by atoms with Crippen molar-refractivity contribution in [2.45, 2.75) is 25.2 Å². The Morgan fingerprint density at radius 3 is 2.53 bits per heavy atom. The number of aryl methyl sites for hydroxylation is 1. The molecule has 1 nitrogen and oxygen atoms in total. The van der Waals surface area contributed by atoms with E-state index >= 15 is 0 Å². The van der Waals surface area contributed by atoms with Crippen LogP contribution in [0.15, 0.2) is 54.6 Å². The van der Waals surface area contributed by atoms with Crippen molar-refractivity contribution in [2.75, 3.05) is 0 Å². The van der Waals surface area contributed by atoms with Gasteiger partial charge in [-0.15, -0.1) is 0 Å². The number of fused-ring (bicyclic) bond motifs is 1. The van der Waals surface area contributed by atoms with Gasteiger partial charge >= 0.3 is 0 Å². The van der Waals surface area contributed by atoms with E-state index in [1.165, 1.54) is 11.1 Å². The molecule has 1 spiro atoms. The lowest BCUT2D eigenvalue weighted by Gasteiger charge is -2.24. The number of rotatable bonds is 1. The SMILES string of the molecule is O=C1c2ccccc2CC[C@@]12C[C@@H]2c1ccccc1. The van der Waals surface area contributed by atoms with Crippen molar-refractivity contribution in [2.24, 2.45) is 5.41 Å². The zero-order chi connectivity index (χ0) is 12.9. The molecule has 1 fully saturated rings. The molecular formula is C18H16O. The molecule has 0 N–H and O–H groups in total. The summed E-state index contributed by atoms with van der Waals surface area (Å²) in [5.41, 5.74) is 3.44. The summed E-state index contributed by atoms with van der Waals surface area (Å²) < 4.78 is 0. The summed E-state index contributed by atoms with van der Waals surface area (Å²) in [5, 5.41) is 0. The van der Waals surface area contributed by atoms with Crippen LogP contribution in [-0.4, -0.2) is 5.78 Å². The Morgan fingerprint density at radius 2 is 1.68 bits per heavy atom. The molecule has 2 aliphatic rings. The third kappa shape index (κ3) is 1.51. The minimum atomic E-state index is -0.0876. The third-order valence-electron chi connectivity index (χ3n) is 4.83. The number of benzene rings is 2. The Morgan fingerprint density at radius 1 is 0.947 bits per heavy atom. The van der Waals surface area contributed by atoms with Crippen molar-refractivity contribution >= 4 is 5.78 Å². The number of ketones is 1. The summed E-state index contributed by atoms with van der Waals surface area (Å²) >= 11 is 0. The number of Topliss-reactive ketones (excluding diaryl/α,β-unsaturated/α-hetero) is 1. The van der Waals surface area contributed by atoms with Crippen molar-refractivity contribution in [1.82, 2.24) is 0 Å². The smallest absolute Gasteiger partial charge is 0.169 e. The molecule has 2 aromatic carbocycles. The fraction of sp³-hybridized carbons (Fsp3) is 0.278. The van der Waals surface area contributed by atoms with E-state index in [9.17, 15) is 4.79 Å². The van der Waals surface area contributed by atoms with Gasteiger partial charge in [-0.05, 0) is 36.3 Å². The topological polar surface area (TPSA) is 17.1 Å². The highest BCUT2D eigenvalue weighted by Crippen LogP contribution is 2.64. The lowest BCUT2D eigenvalue weighted by atomic mass is 9.78. The summed E-state index contributed by atoms with van der Waals surface area (Å²) in [5.74, 6) is 0.817. The van der Waals surface area contributed by atoms with Crippen LogP contribution < -0.4 is 0 Å². The van der Waals surface area contributed by atoms with Crippen LogP contribution in [0.1, 0.15) is 40.2 Å².